The van der Waals surface area contributed by atoms with Crippen LogP contribution < -0.4 is 48.3 Å². The van der Waals surface area contributed by atoms with E-state index in [4.69, 9.17) is 10.8 Å². The van der Waals surface area contributed by atoms with Gasteiger partial charge < -0.3 is 73.8 Å². The quantitative estimate of drug-likeness (QED) is 0.0419. The first-order valence-corrected chi connectivity index (χ1v) is 22.0. The summed E-state index contributed by atoms with van der Waals surface area (Å²) in [5.74, 6) is -12.9. The summed E-state index contributed by atoms with van der Waals surface area (Å²) in [4.78, 5) is 141. The van der Waals surface area contributed by atoms with E-state index in [2.05, 4.69) is 42.5 Å². The van der Waals surface area contributed by atoms with Crippen LogP contribution in [0, 0.1) is 11.8 Å². The second-order valence-corrected chi connectivity index (χ2v) is 17.2. The van der Waals surface area contributed by atoms with Gasteiger partial charge in [-0.1, -0.05) is 52.0 Å². The van der Waals surface area contributed by atoms with Crippen LogP contribution in [0.25, 0.3) is 0 Å². The first-order chi connectivity index (χ1) is 32.7. The van der Waals surface area contributed by atoms with Crippen LogP contribution in [0.5, 0.6) is 11.5 Å². The normalized spacial score (nSPS) is 14.4. The third-order valence-corrected chi connectivity index (χ3v) is 10.3. The van der Waals surface area contributed by atoms with Crippen LogP contribution >= 0.6 is 0 Å². The van der Waals surface area contributed by atoms with E-state index in [1.807, 2.05) is 0 Å². The Morgan fingerprint density at radius 1 is 0.486 bits per heavy atom. The lowest BCUT2D eigenvalue weighted by Crippen LogP contribution is -2.61. The van der Waals surface area contributed by atoms with Crippen molar-refractivity contribution in [3.05, 3.63) is 59.7 Å². The highest BCUT2D eigenvalue weighted by Gasteiger charge is 2.35. The Hall–Kier alpha value is -7.83. The number of phenols is 2. The Bertz CT molecular complexity index is 2200. The van der Waals surface area contributed by atoms with Crippen LogP contribution in [0.15, 0.2) is 48.5 Å². The lowest BCUT2D eigenvalue weighted by molar-refractivity contribution is -0.143. The Morgan fingerprint density at radius 2 is 0.929 bits per heavy atom. The van der Waals surface area contributed by atoms with Crippen molar-refractivity contribution in [3.63, 3.8) is 0 Å². The molecule has 0 aliphatic carbocycles. The molecule has 0 aromatic heterocycles. The van der Waals surface area contributed by atoms with Gasteiger partial charge in [0, 0.05) is 12.8 Å². The second-order valence-electron chi connectivity index (χ2n) is 17.2. The molecule has 0 spiro atoms. The van der Waals surface area contributed by atoms with Crippen LogP contribution in [0.3, 0.4) is 0 Å². The molecule has 70 heavy (non-hydrogen) atoms. The van der Waals surface area contributed by atoms with E-state index in [-0.39, 0.29) is 36.7 Å². The molecule has 0 aliphatic heterocycles. The van der Waals surface area contributed by atoms with Crippen molar-refractivity contribution < 1.29 is 78.3 Å². The number of carbonyl (C=O) groups is 11. The smallest absolute Gasteiger partial charge is 0.326 e. The van der Waals surface area contributed by atoms with E-state index in [9.17, 15) is 73.2 Å². The summed E-state index contributed by atoms with van der Waals surface area (Å²) in [7, 11) is 0. The van der Waals surface area contributed by atoms with Crippen LogP contribution in [-0.2, 0) is 65.6 Å². The van der Waals surface area contributed by atoms with Gasteiger partial charge in [-0.3, -0.25) is 47.9 Å². The van der Waals surface area contributed by atoms with Crippen LogP contribution in [0.2, 0.25) is 0 Å². The molecule has 25 nitrogen and oxygen atoms in total. The van der Waals surface area contributed by atoms with Gasteiger partial charge in [0.2, 0.25) is 47.3 Å². The number of carbonyl (C=O) groups excluding carboxylic acids is 8. The van der Waals surface area contributed by atoms with E-state index in [1.54, 1.807) is 27.7 Å². The highest BCUT2D eigenvalue weighted by Crippen LogP contribution is 2.15. The SMILES string of the molecule is CC(C)C[C@H](NC(=O)CNC(=O)[C@H](C)NC(=O)[C@@H](N)CC(=O)O)C(=O)N[C@H](C(=O)N[C@@H](Cc1ccc(O)cc1)C(=O)N[C@@H](CC(=O)O)C(=O)N[C@@H](C)C(=O)N[C@@H](Cc1ccc(O)cc1)C(=O)O)C(C)C. The molecule has 0 saturated carbocycles. The number of nitrogens with two attached hydrogens (primary N) is 1. The minimum Gasteiger partial charge on any atom is -0.508 e. The van der Waals surface area contributed by atoms with Gasteiger partial charge in [-0.25, -0.2) is 4.79 Å². The molecule has 8 atom stereocenters. The van der Waals surface area contributed by atoms with Crippen molar-refractivity contribution in [1.29, 1.82) is 0 Å². The summed E-state index contributed by atoms with van der Waals surface area (Å²) in [5, 5.41) is 66.6. The summed E-state index contributed by atoms with van der Waals surface area (Å²) < 4.78 is 0. The van der Waals surface area contributed by atoms with Gasteiger partial charge in [0.1, 0.15) is 53.8 Å². The summed E-state index contributed by atoms with van der Waals surface area (Å²) in [5.41, 5.74) is 6.34. The van der Waals surface area contributed by atoms with Crippen LogP contribution in [0.4, 0.5) is 0 Å². The number of aromatic hydroxyl groups is 2. The lowest BCUT2D eigenvalue weighted by atomic mass is 9.98. The number of phenolic OH excluding ortho intramolecular Hbond substituents is 2. The standard InChI is InChI=1S/C45H63N9O16/c1-21(2)15-30(50-34(57)20-47-38(62)23(5)48-40(64)29(46)18-35(58)59)43(67)54-37(22(3)4)44(68)52-31(16-25-7-11-27(55)12-8-25)42(66)51-32(19-36(60)61)41(65)49-24(6)39(63)53-33(45(69)70)17-26-9-13-28(56)14-10-26/h7-14,21-24,29-33,37,55-56H,15-20,46H2,1-6H3,(H,47,62)(H,48,64)(H,49,65)(H,50,57)(H,51,66)(H,52,68)(H,53,63)(H,54,67)(H,58,59)(H,60,61)(H,69,70)/t23-,24-,29-,30-,31-,32-,33-,37-/m0/s1. The summed E-state index contributed by atoms with van der Waals surface area (Å²) >= 11 is 0. The first-order valence-electron chi connectivity index (χ1n) is 22.0. The predicted molar refractivity (Wildman–Crippen MR) is 246 cm³/mol. The van der Waals surface area contributed by atoms with Crippen molar-refractivity contribution in [2.45, 2.75) is 122 Å². The molecule has 0 saturated heterocycles. The molecule has 15 N–H and O–H groups in total. The lowest BCUT2D eigenvalue weighted by Gasteiger charge is -2.28. The fraction of sp³-hybridized carbons (Fsp3) is 0.489. The maximum absolute atomic E-state index is 14.0. The Balaban J connectivity index is 2.26. The maximum Gasteiger partial charge on any atom is 0.326 e. The fourth-order valence-electron chi connectivity index (χ4n) is 6.46. The number of benzene rings is 2. The number of hydrogen-bond acceptors (Lipinski definition) is 14. The number of rotatable bonds is 28. The van der Waals surface area contributed by atoms with E-state index < -0.39 is 139 Å². The zero-order valence-corrected chi connectivity index (χ0v) is 39.4. The molecule has 384 valence electrons. The van der Waals surface area contributed by atoms with Gasteiger partial charge in [-0.2, -0.15) is 0 Å². The summed E-state index contributed by atoms with van der Waals surface area (Å²) in [6.45, 7) is 8.42. The van der Waals surface area contributed by atoms with Crippen molar-refractivity contribution in [1.82, 2.24) is 42.5 Å². The van der Waals surface area contributed by atoms with E-state index in [1.165, 1.54) is 62.4 Å². The number of nitrogens with one attached hydrogen (secondary N) is 8. The van der Waals surface area contributed by atoms with Gasteiger partial charge in [0.15, 0.2) is 0 Å². The zero-order valence-electron chi connectivity index (χ0n) is 39.4. The molecule has 0 radical (unpaired) electrons. The number of hydrogen-bond donors (Lipinski definition) is 14. The van der Waals surface area contributed by atoms with Gasteiger partial charge in [-0.05, 0) is 67.5 Å². The summed E-state index contributed by atoms with van der Waals surface area (Å²) in [6, 6.07) is -0.725. The van der Waals surface area contributed by atoms with E-state index in [0.717, 1.165) is 0 Å². The molecule has 0 aliphatic rings. The monoisotopic (exact) mass is 985 g/mol. The number of carboxylic acids is 3. The van der Waals surface area contributed by atoms with Gasteiger partial charge in [0.25, 0.3) is 0 Å². The molecule has 0 fully saturated rings. The number of carboxylic acid groups (broad SMARTS) is 3. The van der Waals surface area contributed by atoms with Crippen molar-refractivity contribution in [2.75, 3.05) is 6.54 Å². The molecule has 2 aromatic carbocycles. The van der Waals surface area contributed by atoms with Crippen LogP contribution in [-0.4, -0.2) is 146 Å². The minimum absolute atomic E-state index is 0.0466. The molecule has 8 amide bonds. The Labute approximate surface area is 402 Å². The van der Waals surface area contributed by atoms with Crippen LogP contribution in [0.1, 0.15) is 71.9 Å². The topological polar surface area (TPSA) is 411 Å². The Morgan fingerprint density at radius 3 is 1.41 bits per heavy atom. The van der Waals surface area contributed by atoms with Crippen molar-refractivity contribution >= 4 is 65.2 Å². The fourth-order valence-corrected chi connectivity index (χ4v) is 6.46. The molecule has 0 bridgehead atoms. The van der Waals surface area contributed by atoms with Gasteiger partial charge in [0.05, 0.1) is 25.4 Å². The molecule has 25 heteroatoms. The second kappa shape index (κ2) is 27.9. The summed E-state index contributed by atoms with van der Waals surface area (Å²) in [6.07, 6.45) is -2.16. The third kappa shape index (κ3) is 20.6. The van der Waals surface area contributed by atoms with Gasteiger partial charge >= 0.3 is 17.9 Å². The zero-order chi connectivity index (χ0) is 53.0. The minimum atomic E-state index is -1.86. The third-order valence-electron chi connectivity index (χ3n) is 10.3. The molecular weight excluding hydrogens is 923 g/mol. The van der Waals surface area contributed by atoms with Gasteiger partial charge in [-0.15, -0.1) is 0 Å². The average Bonchev–Trinajstić information content (AvgIpc) is 3.26. The molecular formula is C45H63N9O16. The molecule has 0 unspecified atom stereocenters. The molecule has 2 aromatic rings. The van der Waals surface area contributed by atoms with Crippen molar-refractivity contribution in [3.8, 4) is 11.5 Å². The molecule has 0 heterocycles. The largest absolute Gasteiger partial charge is 0.508 e. The predicted octanol–water partition coefficient (Wildman–Crippen LogP) is -2.50. The van der Waals surface area contributed by atoms with Crippen molar-refractivity contribution in [2.24, 2.45) is 17.6 Å². The average molecular weight is 986 g/mol. The van der Waals surface area contributed by atoms with E-state index >= 15 is 0 Å². The highest BCUT2D eigenvalue weighted by molar-refractivity contribution is 5.98. The van der Waals surface area contributed by atoms with E-state index in [0.29, 0.717) is 11.1 Å². The number of amides is 8. The maximum atomic E-state index is 14.0. The number of aliphatic carboxylic acids is 3. The first kappa shape index (κ1) is 58.3. The Kier molecular flexibility index (Phi) is 23.2. The highest BCUT2D eigenvalue weighted by atomic mass is 16.4. The molecule has 2 rings (SSSR count).